The van der Waals surface area contributed by atoms with Gasteiger partial charge in [-0.1, -0.05) is 29.8 Å². The van der Waals surface area contributed by atoms with E-state index in [0.29, 0.717) is 23.0 Å². The van der Waals surface area contributed by atoms with E-state index in [-0.39, 0.29) is 18.3 Å². The third-order valence-electron chi connectivity index (χ3n) is 3.34. The van der Waals surface area contributed by atoms with E-state index in [2.05, 4.69) is 40.2 Å². The van der Waals surface area contributed by atoms with Gasteiger partial charge in [0, 0.05) is 17.2 Å². The zero-order valence-corrected chi connectivity index (χ0v) is 15.4. The molecule has 0 spiro atoms. The number of carbonyl (C=O) groups excluding carboxylic acids is 1. The van der Waals surface area contributed by atoms with E-state index >= 15 is 0 Å². The van der Waals surface area contributed by atoms with Crippen molar-refractivity contribution in [3.63, 3.8) is 0 Å². The molecule has 2 rings (SSSR count). The van der Waals surface area contributed by atoms with Crippen molar-refractivity contribution < 1.29 is 4.79 Å². The van der Waals surface area contributed by atoms with Crippen molar-refractivity contribution in [3.05, 3.63) is 39.6 Å². The number of nitrogens with two attached hydrogens (primary N) is 1. The summed E-state index contributed by atoms with van der Waals surface area (Å²) >= 11 is 3.40. The minimum absolute atomic E-state index is 0. The Morgan fingerprint density at radius 2 is 2.00 bits per heavy atom. The largest absolute Gasteiger partial charge is 0.397 e. The van der Waals surface area contributed by atoms with E-state index in [4.69, 9.17) is 5.73 Å². The molecule has 0 saturated carbocycles. The molecule has 1 aromatic carbocycles. The highest BCUT2D eigenvalue weighted by atomic mass is 79.9. The van der Waals surface area contributed by atoms with Crippen LogP contribution in [-0.4, -0.2) is 15.7 Å². The first-order valence-electron chi connectivity index (χ1n) is 6.70. The van der Waals surface area contributed by atoms with E-state index in [9.17, 15) is 4.79 Å². The number of rotatable bonds is 3. The van der Waals surface area contributed by atoms with Crippen LogP contribution in [0.15, 0.2) is 22.7 Å². The van der Waals surface area contributed by atoms with Crippen LogP contribution in [0.4, 0.5) is 11.4 Å². The van der Waals surface area contributed by atoms with Crippen LogP contribution in [0.5, 0.6) is 0 Å². The molecule has 1 heterocycles. The fourth-order valence-electron chi connectivity index (χ4n) is 2.18. The van der Waals surface area contributed by atoms with Gasteiger partial charge in [0.15, 0.2) is 5.69 Å². The lowest BCUT2D eigenvalue weighted by Gasteiger charge is -2.10. The molecule has 120 valence electrons. The Morgan fingerprint density at radius 3 is 2.55 bits per heavy atom. The second-order valence-electron chi connectivity index (χ2n) is 5.37. The van der Waals surface area contributed by atoms with Crippen molar-refractivity contribution >= 4 is 45.6 Å². The highest BCUT2D eigenvalue weighted by Gasteiger charge is 2.16. The number of hydrogen-bond donors (Lipinski definition) is 2. The predicted octanol–water partition coefficient (Wildman–Crippen LogP) is 3.87. The van der Waals surface area contributed by atoms with Crippen molar-refractivity contribution in [2.75, 3.05) is 11.1 Å². The Morgan fingerprint density at radius 1 is 1.36 bits per heavy atom. The molecule has 5 nitrogen and oxygen atoms in total. The molecule has 0 bridgehead atoms. The average Bonchev–Trinajstić information content (AvgIpc) is 2.77. The Labute approximate surface area is 144 Å². The molecule has 0 aliphatic carbocycles. The number of nitrogens with zero attached hydrogens (tertiary/aromatic N) is 2. The monoisotopic (exact) mass is 386 g/mol. The summed E-state index contributed by atoms with van der Waals surface area (Å²) in [6.07, 6.45) is 0. The Hall–Kier alpha value is -1.53. The zero-order chi connectivity index (χ0) is 15.7. The number of benzene rings is 1. The Balaban J connectivity index is 0.00000242. The molecule has 0 atom stereocenters. The topological polar surface area (TPSA) is 72.9 Å². The number of halogens is 2. The standard InChI is InChI=1S/C15H19BrN4O.ClH/c1-8(2)13-7-12(19-20(13)4)15(21)18-11-6-10(16)5-9(3)14(11)17;/h5-8H,17H2,1-4H3,(H,18,21);1H. The lowest BCUT2D eigenvalue weighted by Crippen LogP contribution is -2.14. The third-order valence-corrected chi connectivity index (χ3v) is 3.80. The van der Waals surface area contributed by atoms with E-state index in [1.165, 1.54) is 0 Å². The van der Waals surface area contributed by atoms with Gasteiger partial charge in [-0.15, -0.1) is 12.4 Å². The normalized spacial score (nSPS) is 10.5. The SMILES string of the molecule is Cc1cc(Br)cc(NC(=O)c2cc(C(C)C)n(C)n2)c1N.Cl. The maximum atomic E-state index is 12.3. The molecule has 2 aromatic rings. The summed E-state index contributed by atoms with van der Waals surface area (Å²) in [5.41, 5.74) is 9.45. The fourth-order valence-corrected chi connectivity index (χ4v) is 2.75. The van der Waals surface area contributed by atoms with Gasteiger partial charge >= 0.3 is 0 Å². The Kier molecular flexibility index (Phi) is 6.02. The maximum absolute atomic E-state index is 12.3. The highest BCUT2D eigenvalue weighted by molar-refractivity contribution is 9.10. The van der Waals surface area contributed by atoms with Crippen LogP contribution in [0.2, 0.25) is 0 Å². The quantitative estimate of drug-likeness (QED) is 0.785. The average molecular weight is 388 g/mol. The van der Waals surface area contributed by atoms with Gasteiger partial charge in [0.25, 0.3) is 5.91 Å². The van der Waals surface area contributed by atoms with Crippen LogP contribution < -0.4 is 11.1 Å². The van der Waals surface area contributed by atoms with Gasteiger partial charge in [0.1, 0.15) is 0 Å². The summed E-state index contributed by atoms with van der Waals surface area (Å²) < 4.78 is 2.60. The number of nitrogens with one attached hydrogen (secondary N) is 1. The first-order valence-corrected chi connectivity index (χ1v) is 7.49. The van der Waals surface area contributed by atoms with Crippen LogP contribution in [0.25, 0.3) is 0 Å². The number of aromatic nitrogens is 2. The molecule has 0 saturated heterocycles. The molecule has 0 unspecified atom stereocenters. The number of aryl methyl sites for hydroxylation is 2. The Bertz CT molecular complexity index is 697. The van der Waals surface area contributed by atoms with E-state index in [1.807, 2.05) is 20.0 Å². The van der Waals surface area contributed by atoms with Crippen LogP contribution in [0.1, 0.15) is 41.5 Å². The first kappa shape index (κ1) is 18.5. The van der Waals surface area contributed by atoms with E-state index in [1.54, 1.807) is 16.8 Å². The third kappa shape index (κ3) is 3.81. The molecule has 0 aliphatic heterocycles. The number of carbonyl (C=O) groups is 1. The zero-order valence-electron chi connectivity index (χ0n) is 13.0. The van der Waals surface area contributed by atoms with Crippen LogP contribution >= 0.6 is 28.3 Å². The van der Waals surface area contributed by atoms with Crippen LogP contribution in [-0.2, 0) is 7.05 Å². The van der Waals surface area contributed by atoms with Gasteiger partial charge in [0.2, 0.25) is 0 Å². The molecule has 22 heavy (non-hydrogen) atoms. The lowest BCUT2D eigenvalue weighted by molar-refractivity contribution is 0.102. The maximum Gasteiger partial charge on any atom is 0.276 e. The molecular weight excluding hydrogens is 368 g/mol. The lowest BCUT2D eigenvalue weighted by atomic mass is 10.1. The van der Waals surface area contributed by atoms with E-state index in [0.717, 1.165) is 15.7 Å². The van der Waals surface area contributed by atoms with Crippen molar-refractivity contribution in [2.24, 2.45) is 7.05 Å². The summed E-state index contributed by atoms with van der Waals surface area (Å²) in [4.78, 5) is 12.3. The second-order valence-corrected chi connectivity index (χ2v) is 6.29. The molecule has 7 heteroatoms. The van der Waals surface area contributed by atoms with Crippen molar-refractivity contribution in [1.29, 1.82) is 0 Å². The number of hydrogen-bond acceptors (Lipinski definition) is 3. The summed E-state index contributed by atoms with van der Waals surface area (Å²) in [5.74, 6) is 0.0453. The van der Waals surface area contributed by atoms with E-state index < -0.39 is 0 Å². The molecule has 0 fully saturated rings. The second kappa shape index (κ2) is 7.15. The van der Waals surface area contributed by atoms with Gasteiger partial charge in [-0.25, -0.2) is 0 Å². The molecule has 0 aliphatic rings. The van der Waals surface area contributed by atoms with Gasteiger partial charge < -0.3 is 11.1 Å². The minimum atomic E-state index is -0.262. The number of anilines is 2. The van der Waals surface area contributed by atoms with Crippen LogP contribution in [0, 0.1) is 6.92 Å². The predicted molar refractivity (Wildman–Crippen MR) is 95.8 cm³/mol. The van der Waals surface area contributed by atoms with Gasteiger partial charge in [-0.3, -0.25) is 9.48 Å². The molecule has 1 aromatic heterocycles. The summed E-state index contributed by atoms with van der Waals surface area (Å²) in [5, 5.41) is 7.07. The summed E-state index contributed by atoms with van der Waals surface area (Å²) in [6, 6.07) is 5.50. The highest BCUT2D eigenvalue weighted by Crippen LogP contribution is 2.28. The molecule has 3 N–H and O–H groups in total. The van der Waals surface area contributed by atoms with Crippen molar-refractivity contribution in [2.45, 2.75) is 26.7 Å². The van der Waals surface area contributed by atoms with Gasteiger partial charge in [-0.2, -0.15) is 5.10 Å². The first-order chi connectivity index (χ1) is 9.79. The van der Waals surface area contributed by atoms with Gasteiger partial charge in [0.05, 0.1) is 11.4 Å². The summed E-state index contributed by atoms with van der Waals surface area (Å²) in [6.45, 7) is 6.02. The van der Waals surface area contributed by atoms with Crippen molar-refractivity contribution in [1.82, 2.24) is 9.78 Å². The minimum Gasteiger partial charge on any atom is -0.397 e. The molecular formula is C15H20BrClN4O. The molecule has 0 radical (unpaired) electrons. The van der Waals surface area contributed by atoms with Crippen molar-refractivity contribution in [3.8, 4) is 0 Å². The number of amides is 1. The number of nitrogen functional groups attached to an aromatic ring is 1. The van der Waals surface area contributed by atoms with Crippen LogP contribution in [0.3, 0.4) is 0 Å². The molecule has 1 amide bonds. The smallest absolute Gasteiger partial charge is 0.276 e. The fraction of sp³-hybridized carbons (Fsp3) is 0.333. The summed E-state index contributed by atoms with van der Waals surface area (Å²) in [7, 11) is 1.84. The van der Waals surface area contributed by atoms with Gasteiger partial charge in [-0.05, 0) is 36.6 Å².